The minimum absolute atomic E-state index is 0.173. The molecule has 1 aliphatic heterocycles. The topological polar surface area (TPSA) is 12.4 Å². The molecule has 0 aromatic rings. The number of aliphatic imine (C=N–C) groups is 1. The van der Waals surface area contributed by atoms with Gasteiger partial charge in [0.05, 0.1) is 0 Å². The van der Waals surface area contributed by atoms with Crippen LogP contribution in [0.25, 0.3) is 0 Å². The maximum absolute atomic E-state index is 5.26. The van der Waals surface area contributed by atoms with Crippen molar-refractivity contribution in [1.29, 1.82) is 0 Å². The molecular formula is C3H2BNXe. The first-order chi connectivity index (χ1) is 2.89. The van der Waals surface area contributed by atoms with E-state index in [0.717, 1.165) is 0.0790 Å². The van der Waals surface area contributed by atoms with Crippen LogP contribution in [-0.2, 0) is 0 Å². The van der Waals surface area contributed by atoms with Crippen LogP contribution in [0.1, 0.15) is 0 Å². The van der Waals surface area contributed by atoms with Gasteiger partial charge in [-0.2, -0.15) is 0 Å². The number of nitrogens with zero attached hydrogens (tertiary/aromatic N) is 1. The molecule has 2 radical (unpaired) electrons. The van der Waals surface area contributed by atoms with Crippen molar-refractivity contribution in [2.75, 3.05) is 0 Å². The first-order valence-electron chi connectivity index (χ1n) is 1.48. The van der Waals surface area contributed by atoms with Crippen LogP contribution in [-0.4, -0.2) is 7.93 Å². The van der Waals surface area contributed by atoms with E-state index in [9.17, 15) is 0 Å². The zero-order chi connectivity index (χ0) is 4.41. The third-order valence-electron chi connectivity index (χ3n) is 0.411. The number of hydrogen-bond acceptors (Lipinski definition) is 1. The summed E-state index contributed by atoms with van der Waals surface area (Å²) in [5.74, 6) is 0. The molecule has 0 bridgehead atoms. The van der Waals surface area contributed by atoms with Crippen LogP contribution in [0.3, 0.4) is 0 Å². The molecule has 6 heavy (non-hydrogen) atoms. The molecule has 0 saturated carbocycles. The molecule has 30 valence electrons. The second kappa shape index (κ2) is 2.38. The van der Waals surface area contributed by atoms with Crippen LogP contribution in [0.2, 0.25) is 0 Å². The first kappa shape index (κ1) is 5.19. The summed E-state index contributed by atoms with van der Waals surface area (Å²) < 4.78 is 2.82. The summed E-state index contributed by atoms with van der Waals surface area (Å²) in [5.41, 5.74) is 0. The standard InChI is InChI=1S/C3H2BNXe/c4-3-5-1-2-6-3/h1-2H. The molecule has 0 aliphatic carbocycles. The summed E-state index contributed by atoms with van der Waals surface area (Å²) in [5, 5.41) is 0. The first-order valence-corrected chi connectivity index (χ1v) is 3.66. The van der Waals surface area contributed by atoms with Gasteiger partial charge in [0, 0.05) is 0 Å². The minimum atomic E-state index is 0.173. The van der Waals surface area contributed by atoms with Gasteiger partial charge in [0.1, 0.15) is 0 Å². The molecule has 0 amide bonds. The Balaban J connectivity index is 2.61. The molecule has 3 heteroatoms. The van der Waals surface area contributed by atoms with Crippen molar-refractivity contribution in [2.24, 2.45) is 4.99 Å². The van der Waals surface area contributed by atoms with E-state index in [1.54, 1.807) is 6.20 Å². The molecule has 1 heterocycles. The van der Waals surface area contributed by atoms with Crippen LogP contribution in [0.5, 0.6) is 0 Å². The predicted octanol–water partition coefficient (Wildman–Crippen LogP) is 0.0807. The summed E-state index contributed by atoms with van der Waals surface area (Å²) in [7, 11) is 5.26. The van der Waals surface area contributed by atoms with E-state index in [0.29, 0.717) is 0 Å². The van der Waals surface area contributed by atoms with E-state index in [2.05, 4.69) is 4.99 Å². The Morgan fingerprint density at radius 2 is 2.67 bits per heavy atom. The molecule has 1 rings (SSSR count). The van der Waals surface area contributed by atoms with E-state index < -0.39 is 0 Å². The fraction of sp³-hybridized carbons (Fsp3) is 0. The van der Waals surface area contributed by atoms with Crippen molar-refractivity contribution in [3.63, 3.8) is 0 Å². The molecule has 0 unspecified atom stereocenters. The van der Waals surface area contributed by atoms with Crippen molar-refractivity contribution in [3.05, 3.63) is 6.74 Å². The molecule has 0 atom stereocenters. The summed E-state index contributed by atoms with van der Waals surface area (Å²) in [6.07, 6.45) is 1.76. The van der Waals surface area contributed by atoms with Crippen LogP contribution in [0, 0.1) is 44.2 Å². The molecule has 0 fully saturated rings. The summed E-state index contributed by atoms with van der Waals surface area (Å²) in [6.45, 7) is 0. The third-order valence-corrected chi connectivity index (χ3v) is 1.91. The monoisotopic (exact) mass is 195 g/mol. The van der Waals surface area contributed by atoms with E-state index >= 15 is 0 Å². The van der Waals surface area contributed by atoms with Gasteiger partial charge in [-0.25, -0.2) is 0 Å². The van der Waals surface area contributed by atoms with Gasteiger partial charge in [0.2, 0.25) is 0 Å². The Labute approximate surface area is 62.6 Å². The Bertz CT molecular complexity index is 107. The SMILES string of the molecule is [B]C1=NC=C[Xe]1. The molecule has 1 nitrogen and oxygen atoms in total. The molecule has 0 spiro atoms. The summed E-state index contributed by atoms with van der Waals surface area (Å²) in [4.78, 5) is 3.79. The van der Waals surface area contributed by atoms with Crippen molar-refractivity contribution >= 4 is 7.93 Å². The van der Waals surface area contributed by atoms with Crippen LogP contribution in [0.4, 0.5) is 0 Å². The van der Waals surface area contributed by atoms with E-state index in [1.807, 2.05) is 0.544 Å². The van der Waals surface area contributed by atoms with Crippen LogP contribution < -0.4 is 0 Å². The molecule has 0 saturated heterocycles. The molecule has 0 N–H and O–H groups in total. The number of hydrogen-bond donors (Lipinski definition) is 0. The van der Waals surface area contributed by atoms with Crippen molar-refractivity contribution in [3.8, 4) is 0 Å². The normalized spacial score (nSPS) is 19.7. The second-order valence-corrected chi connectivity index (χ2v) is 3.10. The van der Waals surface area contributed by atoms with Gasteiger partial charge in [-0.3, -0.25) is 0 Å². The van der Waals surface area contributed by atoms with E-state index in [-0.39, 0.29) is 44.2 Å². The fourth-order valence-electron chi connectivity index (χ4n) is 0.209. The zero-order valence-electron chi connectivity index (χ0n) is 3.03. The average molecular weight is 194 g/mol. The maximum atomic E-state index is 5.26. The molecular weight excluding hydrogens is 192 g/mol. The van der Waals surface area contributed by atoms with Gasteiger partial charge in [-0.15, -0.1) is 0 Å². The zero-order valence-corrected chi connectivity index (χ0v) is 5.05. The summed E-state index contributed by atoms with van der Waals surface area (Å²) >= 11 is 0.173. The van der Waals surface area contributed by atoms with Crippen LogP contribution in [0.15, 0.2) is 11.7 Å². The van der Waals surface area contributed by atoms with Gasteiger partial charge in [-0.05, 0) is 0 Å². The number of rotatable bonds is 0. The van der Waals surface area contributed by atoms with Crippen molar-refractivity contribution in [1.82, 2.24) is 0 Å². The van der Waals surface area contributed by atoms with Gasteiger partial charge < -0.3 is 0 Å². The van der Waals surface area contributed by atoms with Crippen LogP contribution >= 0.6 is 0 Å². The Morgan fingerprint density at radius 3 is 2.83 bits per heavy atom. The Hall–Kier alpha value is 1.05. The molecule has 0 aromatic heterocycles. The van der Waals surface area contributed by atoms with E-state index in [1.165, 1.54) is 0 Å². The van der Waals surface area contributed by atoms with Gasteiger partial charge >= 0.3 is 63.8 Å². The Morgan fingerprint density at radius 1 is 1.83 bits per heavy atom. The van der Waals surface area contributed by atoms with E-state index in [4.69, 9.17) is 7.85 Å². The predicted molar refractivity (Wildman–Crippen MR) is 22.3 cm³/mol. The van der Waals surface area contributed by atoms with Gasteiger partial charge in [0.15, 0.2) is 0 Å². The van der Waals surface area contributed by atoms with Crippen molar-refractivity contribution in [2.45, 2.75) is 0 Å². The third kappa shape index (κ3) is 1.28. The Kier molecular flexibility index (Phi) is 2.06. The van der Waals surface area contributed by atoms with Gasteiger partial charge in [0.25, 0.3) is 0 Å². The second-order valence-electron chi connectivity index (χ2n) is 0.808. The fourth-order valence-corrected chi connectivity index (χ4v) is 1.16. The molecule has 0 aromatic carbocycles. The van der Waals surface area contributed by atoms with Gasteiger partial charge in [-0.1, -0.05) is 0 Å². The molecule has 1 aliphatic rings. The average Bonchev–Trinajstić information content (AvgIpc) is 1.86. The van der Waals surface area contributed by atoms with Crippen molar-refractivity contribution < 1.29 is 44.2 Å². The summed E-state index contributed by atoms with van der Waals surface area (Å²) in [6, 6.07) is 0. The quantitative estimate of drug-likeness (QED) is 0.484.